The van der Waals surface area contributed by atoms with E-state index in [4.69, 9.17) is 5.73 Å². The van der Waals surface area contributed by atoms with Crippen LogP contribution in [-0.4, -0.2) is 10.9 Å². The second-order valence-electron chi connectivity index (χ2n) is 3.41. The molecule has 1 amide bonds. The Labute approximate surface area is 112 Å². The molecule has 4 nitrogen and oxygen atoms in total. The number of hydrogen-bond donors (Lipinski definition) is 2. The van der Waals surface area contributed by atoms with Crippen LogP contribution in [0.4, 0.5) is 11.5 Å². The van der Waals surface area contributed by atoms with Crippen molar-refractivity contribution in [3.05, 3.63) is 51.7 Å². The highest BCUT2D eigenvalue weighted by molar-refractivity contribution is 14.1. The second-order valence-corrected chi connectivity index (χ2v) is 4.65. The summed E-state index contributed by atoms with van der Waals surface area (Å²) in [5, 5.41) is 2.75. The Balaban J connectivity index is 2.14. The van der Waals surface area contributed by atoms with Crippen LogP contribution in [0.25, 0.3) is 0 Å². The number of aromatic nitrogens is 1. The molecule has 0 saturated carbocycles. The van der Waals surface area contributed by atoms with Gasteiger partial charge in [-0.2, -0.15) is 0 Å². The lowest BCUT2D eigenvalue weighted by Gasteiger charge is -2.05. The van der Waals surface area contributed by atoms with Crippen LogP contribution in [0, 0.1) is 3.57 Å². The quantitative estimate of drug-likeness (QED) is 0.827. The van der Waals surface area contributed by atoms with E-state index < -0.39 is 0 Å². The van der Waals surface area contributed by atoms with E-state index in [1.165, 1.54) is 0 Å². The maximum absolute atomic E-state index is 11.8. The SMILES string of the molecule is Nc1cccc(C(=O)Nc2ccc(I)cc2)n1. The largest absolute Gasteiger partial charge is 0.384 e. The van der Waals surface area contributed by atoms with Crippen molar-refractivity contribution in [1.82, 2.24) is 4.98 Å². The Bertz CT molecular complexity index is 540. The number of nitrogens with zero attached hydrogens (tertiary/aromatic N) is 1. The normalized spacial score (nSPS) is 9.94. The highest BCUT2D eigenvalue weighted by Crippen LogP contribution is 2.12. The summed E-state index contributed by atoms with van der Waals surface area (Å²) in [4.78, 5) is 15.8. The first-order valence-corrected chi connectivity index (χ1v) is 6.02. The van der Waals surface area contributed by atoms with Crippen LogP contribution < -0.4 is 11.1 Å². The zero-order valence-corrected chi connectivity index (χ0v) is 11.0. The Morgan fingerprint density at radius 2 is 1.88 bits per heavy atom. The van der Waals surface area contributed by atoms with E-state index in [1.807, 2.05) is 24.3 Å². The molecule has 0 aliphatic heterocycles. The molecule has 0 aliphatic rings. The van der Waals surface area contributed by atoms with E-state index in [1.54, 1.807) is 18.2 Å². The van der Waals surface area contributed by atoms with Crippen molar-refractivity contribution >= 4 is 40.0 Å². The first-order chi connectivity index (χ1) is 8.15. The van der Waals surface area contributed by atoms with Gasteiger partial charge in [0.2, 0.25) is 0 Å². The average molecular weight is 339 g/mol. The van der Waals surface area contributed by atoms with Gasteiger partial charge >= 0.3 is 0 Å². The van der Waals surface area contributed by atoms with E-state index in [0.717, 1.165) is 9.26 Å². The number of hydrogen-bond acceptors (Lipinski definition) is 3. The van der Waals surface area contributed by atoms with Crippen molar-refractivity contribution in [3.63, 3.8) is 0 Å². The molecular formula is C12H10IN3O. The van der Waals surface area contributed by atoms with E-state index in [-0.39, 0.29) is 5.91 Å². The third-order valence-electron chi connectivity index (χ3n) is 2.11. The number of nitrogens with one attached hydrogen (secondary N) is 1. The molecule has 1 aromatic carbocycles. The average Bonchev–Trinajstić information content (AvgIpc) is 2.32. The predicted molar refractivity (Wildman–Crippen MR) is 75.8 cm³/mol. The lowest BCUT2D eigenvalue weighted by atomic mass is 10.3. The van der Waals surface area contributed by atoms with Crippen LogP contribution in [0.1, 0.15) is 10.5 Å². The van der Waals surface area contributed by atoms with Crippen LogP contribution in [0.5, 0.6) is 0 Å². The summed E-state index contributed by atoms with van der Waals surface area (Å²) in [7, 11) is 0. The van der Waals surface area contributed by atoms with Gasteiger partial charge in [0.1, 0.15) is 11.5 Å². The van der Waals surface area contributed by atoms with Crippen LogP contribution in [-0.2, 0) is 0 Å². The van der Waals surface area contributed by atoms with Gasteiger partial charge in [-0.1, -0.05) is 6.07 Å². The smallest absolute Gasteiger partial charge is 0.274 e. The molecule has 2 rings (SSSR count). The van der Waals surface area contributed by atoms with Gasteiger partial charge in [0.25, 0.3) is 5.91 Å². The van der Waals surface area contributed by atoms with Crippen LogP contribution in [0.15, 0.2) is 42.5 Å². The summed E-state index contributed by atoms with van der Waals surface area (Å²) in [5.74, 6) is 0.0683. The molecule has 0 aliphatic carbocycles. The number of amides is 1. The molecule has 1 aromatic heterocycles. The van der Waals surface area contributed by atoms with Gasteiger partial charge in [0, 0.05) is 9.26 Å². The van der Waals surface area contributed by atoms with Crippen LogP contribution in [0.3, 0.4) is 0 Å². The van der Waals surface area contributed by atoms with Gasteiger partial charge in [-0.3, -0.25) is 4.79 Å². The summed E-state index contributed by atoms with van der Waals surface area (Å²) in [6.07, 6.45) is 0. The fourth-order valence-electron chi connectivity index (χ4n) is 1.31. The third-order valence-corrected chi connectivity index (χ3v) is 2.82. The lowest BCUT2D eigenvalue weighted by molar-refractivity contribution is 0.102. The molecule has 0 unspecified atom stereocenters. The Morgan fingerprint density at radius 1 is 1.18 bits per heavy atom. The highest BCUT2D eigenvalue weighted by Gasteiger charge is 2.07. The topological polar surface area (TPSA) is 68.0 Å². The molecule has 5 heteroatoms. The first kappa shape index (κ1) is 11.8. The van der Waals surface area contributed by atoms with Gasteiger partial charge in [-0.05, 0) is 59.0 Å². The highest BCUT2D eigenvalue weighted by atomic mass is 127. The number of anilines is 2. The van der Waals surface area contributed by atoms with Gasteiger partial charge < -0.3 is 11.1 Å². The molecule has 0 radical (unpaired) electrons. The standard InChI is InChI=1S/C12H10IN3O/c13-8-4-6-9(7-5-8)15-12(17)10-2-1-3-11(14)16-10/h1-7H,(H2,14,16)(H,15,17). The van der Waals surface area contributed by atoms with Gasteiger partial charge in [0.15, 0.2) is 0 Å². The van der Waals surface area contributed by atoms with Crippen LogP contribution >= 0.6 is 22.6 Å². The predicted octanol–water partition coefficient (Wildman–Crippen LogP) is 2.52. The number of nitrogens with two attached hydrogens (primary N) is 1. The van der Waals surface area contributed by atoms with Gasteiger partial charge in [-0.15, -0.1) is 0 Å². The van der Waals surface area contributed by atoms with Gasteiger partial charge in [0.05, 0.1) is 0 Å². The lowest BCUT2D eigenvalue weighted by Crippen LogP contribution is -2.14. The van der Waals surface area contributed by atoms with E-state index in [9.17, 15) is 4.79 Å². The number of carbonyl (C=O) groups is 1. The molecule has 86 valence electrons. The molecule has 0 atom stereocenters. The molecule has 3 N–H and O–H groups in total. The molecule has 0 fully saturated rings. The zero-order valence-electron chi connectivity index (χ0n) is 8.85. The van der Waals surface area contributed by atoms with Crippen LogP contribution in [0.2, 0.25) is 0 Å². The maximum Gasteiger partial charge on any atom is 0.274 e. The molecule has 2 aromatic rings. The minimum atomic E-state index is -0.265. The van der Waals surface area contributed by atoms with Crippen molar-refractivity contribution in [2.75, 3.05) is 11.1 Å². The van der Waals surface area contributed by atoms with E-state index in [2.05, 4.69) is 32.9 Å². The molecule has 0 bridgehead atoms. The number of nitrogen functional groups attached to an aromatic ring is 1. The number of rotatable bonds is 2. The van der Waals surface area contributed by atoms with Crippen molar-refractivity contribution < 1.29 is 4.79 Å². The third kappa shape index (κ3) is 3.16. The molecule has 0 spiro atoms. The Kier molecular flexibility index (Phi) is 3.58. The minimum absolute atomic E-state index is 0.265. The number of carbonyl (C=O) groups excluding carboxylic acids is 1. The molecule has 17 heavy (non-hydrogen) atoms. The first-order valence-electron chi connectivity index (χ1n) is 4.94. The molecule has 1 heterocycles. The van der Waals surface area contributed by atoms with Crippen molar-refractivity contribution in [2.24, 2.45) is 0 Å². The van der Waals surface area contributed by atoms with Gasteiger partial charge in [-0.25, -0.2) is 4.98 Å². The fraction of sp³-hybridized carbons (Fsp3) is 0. The summed E-state index contributed by atoms with van der Waals surface area (Å²) < 4.78 is 1.11. The summed E-state index contributed by atoms with van der Waals surface area (Å²) >= 11 is 2.20. The number of halogens is 1. The minimum Gasteiger partial charge on any atom is -0.384 e. The molecule has 0 saturated heterocycles. The fourth-order valence-corrected chi connectivity index (χ4v) is 1.67. The Morgan fingerprint density at radius 3 is 2.53 bits per heavy atom. The van der Waals surface area contributed by atoms with Crippen molar-refractivity contribution in [2.45, 2.75) is 0 Å². The monoisotopic (exact) mass is 339 g/mol. The zero-order chi connectivity index (χ0) is 12.3. The van der Waals surface area contributed by atoms with E-state index in [0.29, 0.717) is 11.5 Å². The van der Waals surface area contributed by atoms with E-state index >= 15 is 0 Å². The van der Waals surface area contributed by atoms with Crippen molar-refractivity contribution in [1.29, 1.82) is 0 Å². The summed E-state index contributed by atoms with van der Waals surface area (Å²) in [6.45, 7) is 0. The second kappa shape index (κ2) is 5.13. The van der Waals surface area contributed by atoms with Crippen molar-refractivity contribution in [3.8, 4) is 0 Å². The summed E-state index contributed by atoms with van der Waals surface area (Å²) in [5.41, 5.74) is 6.56. The molecular weight excluding hydrogens is 329 g/mol. The summed E-state index contributed by atoms with van der Waals surface area (Å²) in [6, 6.07) is 12.5. The number of benzene rings is 1. The number of pyridine rings is 1. The maximum atomic E-state index is 11.8. The Hall–Kier alpha value is -1.63.